The lowest BCUT2D eigenvalue weighted by Gasteiger charge is -2.16. The molecule has 0 saturated heterocycles. The molecule has 0 atom stereocenters. The SMILES string of the molecule is Nc1ccccc1N(O)C(=O)Cn1cc[n+](CC(=O)N(O)c2ccccc2N)c1. The fraction of sp³-hybridized carbons (Fsp3) is 0.105. The Balaban J connectivity index is 1.63. The molecule has 6 N–H and O–H groups in total. The molecular weight excluding hydrogens is 376 g/mol. The van der Waals surface area contributed by atoms with Gasteiger partial charge in [-0.1, -0.05) is 24.3 Å². The number of hydrogen-bond acceptors (Lipinski definition) is 6. The molecule has 10 heteroatoms. The first-order valence-corrected chi connectivity index (χ1v) is 8.64. The van der Waals surface area contributed by atoms with Crippen LogP contribution in [0.4, 0.5) is 22.7 Å². The summed E-state index contributed by atoms with van der Waals surface area (Å²) in [5.41, 5.74) is 12.4. The van der Waals surface area contributed by atoms with Crippen LogP contribution in [0.3, 0.4) is 0 Å². The zero-order valence-electron chi connectivity index (χ0n) is 15.4. The number of nitrogen functional groups attached to an aromatic ring is 2. The van der Waals surface area contributed by atoms with E-state index in [1.807, 2.05) is 0 Å². The number of para-hydroxylation sites is 4. The summed E-state index contributed by atoms with van der Waals surface area (Å²) in [6.45, 7) is -0.360. The molecule has 1 heterocycles. The second kappa shape index (κ2) is 8.42. The molecule has 150 valence electrons. The van der Waals surface area contributed by atoms with Gasteiger partial charge in [0.2, 0.25) is 6.33 Å². The van der Waals surface area contributed by atoms with Gasteiger partial charge < -0.3 is 11.5 Å². The minimum absolute atomic E-state index is 0.180. The molecular formula is C19H21N6O4+. The topological polar surface area (TPSA) is 142 Å². The smallest absolute Gasteiger partial charge is 0.292 e. The van der Waals surface area contributed by atoms with Crippen molar-refractivity contribution in [2.45, 2.75) is 13.1 Å². The fourth-order valence-corrected chi connectivity index (χ4v) is 2.70. The number of benzene rings is 2. The lowest BCUT2D eigenvalue weighted by Crippen LogP contribution is -2.43. The zero-order chi connectivity index (χ0) is 21.0. The van der Waals surface area contributed by atoms with Crippen LogP contribution in [-0.2, 0) is 22.7 Å². The number of hydroxylamine groups is 2. The molecule has 0 aliphatic heterocycles. The molecule has 0 aliphatic rings. The van der Waals surface area contributed by atoms with Crippen LogP contribution in [0, 0.1) is 0 Å². The lowest BCUT2D eigenvalue weighted by atomic mass is 10.2. The molecule has 0 fully saturated rings. The van der Waals surface area contributed by atoms with Crippen molar-refractivity contribution in [3.63, 3.8) is 0 Å². The van der Waals surface area contributed by atoms with Crippen LogP contribution in [0.15, 0.2) is 67.3 Å². The van der Waals surface area contributed by atoms with Crippen LogP contribution in [0.25, 0.3) is 0 Å². The highest BCUT2D eigenvalue weighted by atomic mass is 16.5. The molecule has 2 aromatic carbocycles. The summed E-state index contributed by atoms with van der Waals surface area (Å²) in [5.74, 6) is -1.23. The fourth-order valence-electron chi connectivity index (χ4n) is 2.70. The first kappa shape index (κ1) is 19.9. The number of hydrogen-bond donors (Lipinski definition) is 4. The van der Waals surface area contributed by atoms with Crippen LogP contribution in [0.5, 0.6) is 0 Å². The van der Waals surface area contributed by atoms with E-state index in [-0.39, 0.29) is 35.8 Å². The number of carbonyl (C=O) groups excluding carboxylic acids is 2. The van der Waals surface area contributed by atoms with E-state index in [2.05, 4.69) is 0 Å². The van der Waals surface area contributed by atoms with Crippen LogP contribution in [-0.4, -0.2) is 26.8 Å². The summed E-state index contributed by atoms with van der Waals surface area (Å²) in [6, 6.07) is 12.9. The van der Waals surface area contributed by atoms with E-state index in [4.69, 9.17) is 11.5 Å². The Morgan fingerprint density at radius 2 is 1.41 bits per heavy atom. The Labute approximate surface area is 166 Å². The molecule has 0 unspecified atom stereocenters. The first-order chi connectivity index (χ1) is 13.9. The minimum atomic E-state index is -0.613. The maximum Gasteiger partial charge on any atom is 0.292 e. The molecule has 0 radical (unpaired) electrons. The third kappa shape index (κ3) is 4.51. The van der Waals surface area contributed by atoms with Crippen LogP contribution in [0.2, 0.25) is 0 Å². The quantitative estimate of drug-likeness (QED) is 0.210. The molecule has 1 aromatic heterocycles. The normalized spacial score (nSPS) is 10.6. The number of rotatable bonds is 6. The highest BCUT2D eigenvalue weighted by molar-refractivity contribution is 5.94. The van der Waals surface area contributed by atoms with Gasteiger partial charge in [-0.05, 0) is 24.3 Å². The zero-order valence-corrected chi connectivity index (χ0v) is 15.4. The van der Waals surface area contributed by atoms with E-state index in [1.54, 1.807) is 48.8 Å². The third-order valence-corrected chi connectivity index (χ3v) is 4.18. The third-order valence-electron chi connectivity index (χ3n) is 4.18. The van der Waals surface area contributed by atoms with Gasteiger partial charge in [0.25, 0.3) is 11.8 Å². The van der Waals surface area contributed by atoms with Crippen LogP contribution in [0.1, 0.15) is 0 Å². The van der Waals surface area contributed by atoms with Gasteiger partial charge in [0.05, 0.1) is 22.7 Å². The van der Waals surface area contributed by atoms with E-state index in [0.717, 1.165) is 0 Å². The number of amides is 2. The number of nitrogens with zero attached hydrogens (tertiary/aromatic N) is 4. The van der Waals surface area contributed by atoms with Gasteiger partial charge in [0.15, 0.2) is 13.1 Å². The lowest BCUT2D eigenvalue weighted by molar-refractivity contribution is -0.683. The van der Waals surface area contributed by atoms with Crippen molar-refractivity contribution in [3.8, 4) is 0 Å². The van der Waals surface area contributed by atoms with Crippen LogP contribution >= 0.6 is 0 Å². The van der Waals surface area contributed by atoms with Gasteiger partial charge >= 0.3 is 0 Å². The molecule has 3 rings (SSSR count). The Morgan fingerprint density at radius 3 is 1.97 bits per heavy atom. The average molecular weight is 397 g/mol. The van der Waals surface area contributed by atoms with E-state index in [0.29, 0.717) is 10.1 Å². The van der Waals surface area contributed by atoms with Gasteiger partial charge in [-0.25, -0.2) is 9.13 Å². The summed E-state index contributed by atoms with van der Waals surface area (Å²) >= 11 is 0. The summed E-state index contributed by atoms with van der Waals surface area (Å²) in [6.07, 6.45) is 4.62. The van der Waals surface area contributed by atoms with Gasteiger partial charge in [0.1, 0.15) is 12.4 Å². The Bertz CT molecular complexity index is 955. The average Bonchev–Trinajstić information content (AvgIpc) is 3.14. The van der Waals surface area contributed by atoms with Gasteiger partial charge in [-0.2, -0.15) is 10.1 Å². The van der Waals surface area contributed by atoms with Crippen LogP contribution < -0.4 is 26.2 Å². The summed E-state index contributed by atoms with van der Waals surface area (Å²) in [7, 11) is 0. The first-order valence-electron chi connectivity index (χ1n) is 8.64. The second-order valence-electron chi connectivity index (χ2n) is 6.29. The van der Waals surface area contributed by atoms with Crippen molar-refractivity contribution in [1.82, 2.24) is 4.57 Å². The Hall–Kier alpha value is -3.89. The summed E-state index contributed by atoms with van der Waals surface area (Å²) in [4.78, 5) is 24.6. The number of carbonyl (C=O) groups is 2. The molecule has 2 amide bonds. The van der Waals surface area contributed by atoms with Crippen molar-refractivity contribution in [2.75, 3.05) is 21.6 Å². The Kier molecular flexibility index (Phi) is 5.77. The summed E-state index contributed by atoms with van der Waals surface area (Å²) in [5, 5.41) is 21.1. The van der Waals surface area contributed by atoms with Crippen molar-refractivity contribution in [1.29, 1.82) is 0 Å². The van der Waals surface area contributed by atoms with Crippen molar-refractivity contribution >= 4 is 34.6 Å². The molecule has 29 heavy (non-hydrogen) atoms. The summed E-state index contributed by atoms with van der Waals surface area (Å²) < 4.78 is 2.97. The van der Waals surface area contributed by atoms with E-state index < -0.39 is 11.8 Å². The molecule has 0 saturated carbocycles. The van der Waals surface area contributed by atoms with Crippen molar-refractivity contribution < 1.29 is 24.6 Å². The van der Waals surface area contributed by atoms with Crippen molar-refractivity contribution in [2.24, 2.45) is 0 Å². The highest BCUT2D eigenvalue weighted by Gasteiger charge is 2.21. The standard InChI is InChI=1S/C19H21N6O4/c20-14-5-1-3-7-16(14)24(28)18(26)11-22-9-10-23(13-22)12-19(27)25(29)17-8-4-2-6-15(17)21/h1-10,13,28-29H,11-12,20-21H2/q+1. The molecule has 0 aliphatic carbocycles. The van der Waals surface area contributed by atoms with Gasteiger partial charge in [0, 0.05) is 0 Å². The van der Waals surface area contributed by atoms with E-state index in [9.17, 15) is 20.0 Å². The number of imidazole rings is 1. The maximum atomic E-state index is 12.3. The molecule has 0 spiro atoms. The number of nitrogens with two attached hydrogens (primary N) is 2. The second-order valence-corrected chi connectivity index (χ2v) is 6.29. The highest BCUT2D eigenvalue weighted by Crippen LogP contribution is 2.21. The predicted molar refractivity (Wildman–Crippen MR) is 105 cm³/mol. The number of aromatic nitrogens is 2. The Morgan fingerprint density at radius 1 is 0.897 bits per heavy atom. The van der Waals surface area contributed by atoms with E-state index in [1.165, 1.54) is 27.6 Å². The van der Waals surface area contributed by atoms with E-state index >= 15 is 0 Å². The molecule has 3 aromatic rings. The van der Waals surface area contributed by atoms with Crippen molar-refractivity contribution in [3.05, 3.63) is 67.3 Å². The number of anilines is 4. The van der Waals surface area contributed by atoms with Gasteiger partial charge in [-0.3, -0.25) is 20.0 Å². The largest absolute Gasteiger partial charge is 0.397 e. The molecule has 10 nitrogen and oxygen atoms in total. The monoisotopic (exact) mass is 397 g/mol. The molecule has 0 bridgehead atoms. The predicted octanol–water partition coefficient (Wildman–Crippen LogP) is 0.785. The maximum absolute atomic E-state index is 12.3. The minimum Gasteiger partial charge on any atom is -0.397 e. The van der Waals surface area contributed by atoms with Gasteiger partial charge in [-0.15, -0.1) is 0 Å².